The highest BCUT2D eigenvalue weighted by Gasteiger charge is 2.12. The molecule has 8 nitrogen and oxygen atoms in total. The second-order valence-corrected chi connectivity index (χ2v) is 9.09. The fourth-order valence-corrected chi connectivity index (χ4v) is 4.58. The molecule has 0 saturated carbocycles. The molecule has 0 spiro atoms. The molecule has 5 rings (SSSR count). The van der Waals surface area contributed by atoms with Crippen LogP contribution in [0, 0.1) is 13.8 Å². The van der Waals surface area contributed by atoms with Gasteiger partial charge in [-0.15, -0.1) is 5.10 Å². The van der Waals surface area contributed by atoms with E-state index >= 15 is 0 Å². The SMILES string of the molecule is Cc1cc(C)cc(Nc2nc3c(Nc4ccc(Cl)c(Sc5nccn5C)c4)nccn3n2)c1. The van der Waals surface area contributed by atoms with Crippen molar-refractivity contribution in [2.45, 2.75) is 23.9 Å². The summed E-state index contributed by atoms with van der Waals surface area (Å²) in [7, 11) is 1.95. The molecule has 10 heteroatoms. The van der Waals surface area contributed by atoms with Gasteiger partial charge in [-0.1, -0.05) is 29.4 Å². The van der Waals surface area contributed by atoms with E-state index in [-0.39, 0.29) is 0 Å². The first kappa shape index (κ1) is 21.3. The number of halogens is 1. The van der Waals surface area contributed by atoms with Crippen molar-refractivity contribution in [3.8, 4) is 0 Å². The highest BCUT2D eigenvalue weighted by Crippen LogP contribution is 2.35. The molecule has 166 valence electrons. The number of rotatable bonds is 6. The first-order chi connectivity index (χ1) is 15.9. The molecule has 0 unspecified atom stereocenters. The maximum atomic E-state index is 6.43. The van der Waals surface area contributed by atoms with Crippen LogP contribution in [-0.4, -0.2) is 29.1 Å². The second-order valence-electron chi connectivity index (χ2n) is 7.67. The minimum atomic E-state index is 0.498. The first-order valence-corrected chi connectivity index (χ1v) is 11.4. The van der Waals surface area contributed by atoms with E-state index in [1.165, 1.54) is 22.9 Å². The fraction of sp³-hybridized carbons (Fsp3) is 0.130. The summed E-state index contributed by atoms with van der Waals surface area (Å²) in [6.45, 7) is 4.13. The molecule has 2 N–H and O–H groups in total. The zero-order valence-electron chi connectivity index (χ0n) is 18.2. The molecule has 0 aliphatic rings. The van der Waals surface area contributed by atoms with Crippen molar-refractivity contribution in [1.82, 2.24) is 29.1 Å². The van der Waals surface area contributed by atoms with Crippen LogP contribution in [0.15, 0.2) is 71.2 Å². The van der Waals surface area contributed by atoms with Gasteiger partial charge in [-0.2, -0.15) is 4.98 Å². The Morgan fingerprint density at radius 3 is 2.45 bits per heavy atom. The third kappa shape index (κ3) is 4.64. The molecule has 3 heterocycles. The molecular formula is C23H21ClN8S. The van der Waals surface area contributed by atoms with Crippen LogP contribution in [0.4, 0.5) is 23.1 Å². The molecule has 0 amide bonds. The van der Waals surface area contributed by atoms with Gasteiger partial charge in [0.2, 0.25) is 11.6 Å². The van der Waals surface area contributed by atoms with Gasteiger partial charge < -0.3 is 15.2 Å². The average Bonchev–Trinajstić information content (AvgIpc) is 3.36. The van der Waals surface area contributed by atoms with Gasteiger partial charge in [0.15, 0.2) is 11.0 Å². The van der Waals surface area contributed by atoms with E-state index in [1.54, 1.807) is 23.1 Å². The Bertz CT molecular complexity index is 1440. The van der Waals surface area contributed by atoms with Crippen molar-refractivity contribution in [2.75, 3.05) is 10.6 Å². The summed E-state index contributed by atoms with van der Waals surface area (Å²) in [5.74, 6) is 1.09. The maximum Gasteiger partial charge on any atom is 0.247 e. The Hall–Kier alpha value is -3.56. The number of fused-ring (bicyclic) bond motifs is 1. The number of aryl methyl sites for hydroxylation is 3. The lowest BCUT2D eigenvalue weighted by atomic mass is 10.1. The number of imidazole rings is 1. The quantitative estimate of drug-likeness (QED) is 0.322. The standard InChI is InChI=1S/C23H21ClN8S/c1-14-10-15(2)12-17(11-14)28-22-29-21-20(25-7-9-32(21)30-22)27-16-4-5-18(24)19(13-16)33-23-26-6-8-31(23)3/h4-13H,1-3H3,(H,25,27)(H,28,30). The number of nitrogens with one attached hydrogen (secondary N) is 2. The van der Waals surface area contributed by atoms with Crippen molar-refractivity contribution in [1.29, 1.82) is 0 Å². The molecule has 0 saturated heterocycles. The lowest BCUT2D eigenvalue weighted by molar-refractivity contribution is 0.790. The van der Waals surface area contributed by atoms with Crippen LogP contribution in [0.3, 0.4) is 0 Å². The Balaban J connectivity index is 1.42. The third-order valence-corrected chi connectivity index (χ3v) is 6.48. The summed E-state index contributed by atoms with van der Waals surface area (Å²) in [5, 5.41) is 12.7. The van der Waals surface area contributed by atoms with Crippen LogP contribution < -0.4 is 10.6 Å². The highest BCUT2D eigenvalue weighted by atomic mass is 35.5. The third-order valence-electron chi connectivity index (χ3n) is 4.90. The molecule has 2 aromatic carbocycles. The number of nitrogens with zero attached hydrogens (tertiary/aromatic N) is 6. The van der Waals surface area contributed by atoms with E-state index in [4.69, 9.17) is 11.6 Å². The first-order valence-electron chi connectivity index (χ1n) is 10.2. The fourth-order valence-electron chi connectivity index (χ4n) is 3.48. The number of aromatic nitrogens is 6. The lowest BCUT2D eigenvalue weighted by Gasteiger charge is -2.09. The predicted molar refractivity (Wildman–Crippen MR) is 132 cm³/mol. The van der Waals surface area contributed by atoms with Gasteiger partial charge in [0, 0.05) is 48.1 Å². The Kier molecular flexibility index (Phi) is 5.65. The lowest BCUT2D eigenvalue weighted by Crippen LogP contribution is -1.98. The van der Waals surface area contributed by atoms with E-state index < -0.39 is 0 Å². The van der Waals surface area contributed by atoms with Crippen LogP contribution in [0.5, 0.6) is 0 Å². The van der Waals surface area contributed by atoms with E-state index in [1.807, 2.05) is 36.0 Å². The van der Waals surface area contributed by atoms with E-state index in [0.717, 1.165) is 21.4 Å². The van der Waals surface area contributed by atoms with Gasteiger partial charge in [0.1, 0.15) is 0 Å². The zero-order chi connectivity index (χ0) is 22.9. The van der Waals surface area contributed by atoms with Crippen molar-refractivity contribution < 1.29 is 0 Å². The zero-order valence-corrected chi connectivity index (χ0v) is 19.8. The second kappa shape index (κ2) is 8.76. The maximum absolute atomic E-state index is 6.43. The molecule has 3 aromatic heterocycles. The number of hydrogen-bond acceptors (Lipinski definition) is 7. The minimum Gasteiger partial charge on any atom is -0.337 e. The van der Waals surface area contributed by atoms with Crippen molar-refractivity contribution in [3.63, 3.8) is 0 Å². The van der Waals surface area contributed by atoms with E-state index in [0.29, 0.717) is 22.4 Å². The number of benzene rings is 2. The molecule has 5 aromatic rings. The summed E-state index contributed by atoms with van der Waals surface area (Å²) in [5.41, 5.74) is 4.74. The smallest absolute Gasteiger partial charge is 0.247 e. The summed E-state index contributed by atoms with van der Waals surface area (Å²) in [6, 6.07) is 12.0. The largest absolute Gasteiger partial charge is 0.337 e. The normalized spacial score (nSPS) is 11.2. The number of hydrogen-bond donors (Lipinski definition) is 2. The van der Waals surface area contributed by atoms with Gasteiger partial charge in [-0.05, 0) is 55.3 Å². The number of anilines is 4. The van der Waals surface area contributed by atoms with Gasteiger partial charge in [0.05, 0.1) is 5.02 Å². The van der Waals surface area contributed by atoms with Crippen LogP contribution in [0.25, 0.3) is 5.65 Å². The van der Waals surface area contributed by atoms with Crippen LogP contribution in [0.2, 0.25) is 5.02 Å². The van der Waals surface area contributed by atoms with E-state index in [9.17, 15) is 0 Å². The molecular weight excluding hydrogens is 456 g/mol. The predicted octanol–water partition coefficient (Wildman–Crippen LogP) is 5.77. The molecule has 33 heavy (non-hydrogen) atoms. The molecule has 0 radical (unpaired) electrons. The Morgan fingerprint density at radius 2 is 1.70 bits per heavy atom. The van der Waals surface area contributed by atoms with Crippen LogP contribution in [0.1, 0.15) is 11.1 Å². The molecule has 0 bridgehead atoms. The average molecular weight is 477 g/mol. The van der Waals surface area contributed by atoms with Gasteiger partial charge >= 0.3 is 0 Å². The Labute approximate surface area is 200 Å². The summed E-state index contributed by atoms with van der Waals surface area (Å²) in [4.78, 5) is 14.4. The van der Waals surface area contributed by atoms with Crippen LogP contribution >= 0.6 is 23.4 Å². The summed E-state index contributed by atoms with van der Waals surface area (Å²) in [6.07, 6.45) is 7.12. The van der Waals surface area contributed by atoms with E-state index in [2.05, 4.69) is 62.7 Å². The molecule has 0 aliphatic carbocycles. The molecule has 0 fully saturated rings. The van der Waals surface area contributed by atoms with Gasteiger partial charge in [-0.25, -0.2) is 14.5 Å². The minimum absolute atomic E-state index is 0.498. The highest BCUT2D eigenvalue weighted by molar-refractivity contribution is 7.99. The van der Waals surface area contributed by atoms with Gasteiger partial charge in [0.25, 0.3) is 0 Å². The monoisotopic (exact) mass is 476 g/mol. The van der Waals surface area contributed by atoms with Crippen LogP contribution in [-0.2, 0) is 7.05 Å². The molecule has 0 aliphatic heterocycles. The topological polar surface area (TPSA) is 85.0 Å². The van der Waals surface area contributed by atoms with Crippen molar-refractivity contribution >= 4 is 52.2 Å². The van der Waals surface area contributed by atoms with Crippen molar-refractivity contribution in [3.05, 3.63) is 77.3 Å². The van der Waals surface area contributed by atoms with Gasteiger partial charge in [-0.3, -0.25) is 0 Å². The molecule has 0 atom stereocenters. The summed E-state index contributed by atoms with van der Waals surface area (Å²) < 4.78 is 3.64. The van der Waals surface area contributed by atoms with Crippen molar-refractivity contribution in [2.24, 2.45) is 7.05 Å². The Morgan fingerprint density at radius 1 is 0.909 bits per heavy atom. The summed E-state index contributed by atoms with van der Waals surface area (Å²) >= 11 is 7.93.